The van der Waals surface area contributed by atoms with Gasteiger partial charge in [0.25, 0.3) is 0 Å². The Morgan fingerprint density at radius 3 is 2.61 bits per heavy atom. The zero-order chi connectivity index (χ0) is 13.7. The first kappa shape index (κ1) is 13.9. The minimum absolute atomic E-state index is 0.0283. The molecule has 0 heterocycles. The molecule has 2 rings (SSSR count). The number of nitrogens with two attached hydrogens (primary N) is 1. The van der Waals surface area contributed by atoms with Crippen LogP contribution >= 0.6 is 12.2 Å². The first-order valence-corrected chi connectivity index (χ1v) is 8.23. The number of rotatable bonds is 2. The summed E-state index contributed by atoms with van der Waals surface area (Å²) in [4.78, 5) is 12.6. The van der Waals surface area contributed by atoms with E-state index in [0.29, 0.717) is 11.7 Å². The summed E-state index contributed by atoms with van der Waals surface area (Å²) < 4.78 is 4.26. The summed E-state index contributed by atoms with van der Waals surface area (Å²) in [6.07, 6.45) is 4.13. The Balaban J connectivity index is 2.30. The zero-order valence-corrected chi connectivity index (χ0v) is 13.0. The third kappa shape index (κ3) is 1.72. The number of thiocarbonyl (C=S) groups is 1. The molecular weight excluding hydrogens is 266 g/mol. The summed E-state index contributed by atoms with van der Waals surface area (Å²) in [7, 11) is -0.371. The predicted octanol–water partition coefficient (Wildman–Crippen LogP) is 1.56. The van der Waals surface area contributed by atoms with Gasteiger partial charge in [-0.2, -0.15) is 4.47 Å². The highest BCUT2D eigenvalue weighted by atomic mass is 32.2. The van der Waals surface area contributed by atoms with Crippen LogP contribution in [-0.2, 0) is 15.5 Å². The van der Waals surface area contributed by atoms with E-state index < -0.39 is 0 Å². The van der Waals surface area contributed by atoms with Gasteiger partial charge in [0.1, 0.15) is 0 Å². The lowest BCUT2D eigenvalue weighted by atomic mass is 9.70. The first-order valence-electron chi connectivity index (χ1n) is 6.17. The van der Waals surface area contributed by atoms with Crippen LogP contribution in [0.3, 0.4) is 0 Å². The SMILES string of the molecule is C/S(=N\NC(N)=S)C1C(=O)C2(C)CCC1C2(C)C. The fourth-order valence-electron chi connectivity index (χ4n) is 3.57. The smallest absolute Gasteiger partial charge is 0.184 e. The Morgan fingerprint density at radius 1 is 1.56 bits per heavy atom. The molecule has 0 radical (unpaired) electrons. The quantitative estimate of drug-likeness (QED) is 0.597. The van der Waals surface area contributed by atoms with Crippen molar-refractivity contribution in [1.29, 1.82) is 0 Å². The Bertz CT molecular complexity index is 447. The van der Waals surface area contributed by atoms with Crippen LogP contribution < -0.4 is 11.2 Å². The van der Waals surface area contributed by atoms with Crippen molar-refractivity contribution in [3.05, 3.63) is 0 Å². The van der Waals surface area contributed by atoms with E-state index in [2.05, 4.69) is 30.7 Å². The Labute approximate surface area is 116 Å². The molecular formula is C12H21N3OS2. The minimum Gasteiger partial charge on any atom is -0.375 e. The molecule has 2 saturated carbocycles. The van der Waals surface area contributed by atoms with Gasteiger partial charge in [-0.3, -0.25) is 4.79 Å². The fourth-order valence-corrected chi connectivity index (χ4v) is 5.55. The molecule has 18 heavy (non-hydrogen) atoms. The number of ketones is 1. The van der Waals surface area contributed by atoms with Crippen LogP contribution in [0.1, 0.15) is 33.6 Å². The Hall–Kier alpha value is -0.490. The van der Waals surface area contributed by atoms with Gasteiger partial charge in [-0.25, -0.2) is 5.43 Å². The maximum Gasteiger partial charge on any atom is 0.184 e. The monoisotopic (exact) mass is 287 g/mol. The number of carbonyl (C=O) groups is 1. The van der Waals surface area contributed by atoms with Crippen molar-refractivity contribution in [2.75, 3.05) is 6.26 Å². The van der Waals surface area contributed by atoms with Crippen LogP contribution in [0.15, 0.2) is 4.47 Å². The van der Waals surface area contributed by atoms with Gasteiger partial charge >= 0.3 is 0 Å². The van der Waals surface area contributed by atoms with Gasteiger partial charge in [0, 0.05) is 5.41 Å². The molecule has 0 amide bonds. The maximum atomic E-state index is 12.6. The molecule has 0 spiro atoms. The van der Waals surface area contributed by atoms with Gasteiger partial charge < -0.3 is 5.73 Å². The van der Waals surface area contributed by atoms with E-state index in [1.165, 1.54) is 0 Å². The summed E-state index contributed by atoms with van der Waals surface area (Å²) in [5.41, 5.74) is 7.91. The second-order valence-electron chi connectivity index (χ2n) is 6.07. The van der Waals surface area contributed by atoms with E-state index in [-0.39, 0.29) is 31.9 Å². The Morgan fingerprint density at radius 2 is 2.17 bits per heavy atom. The van der Waals surface area contributed by atoms with E-state index in [1.54, 1.807) is 0 Å². The number of nitrogens with one attached hydrogen (secondary N) is 1. The van der Waals surface area contributed by atoms with Crippen LogP contribution in [0, 0.1) is 16.7 Å². The molecule has 4 nitrogen and oxygen atoms in total. The van der Waals surface area contributed by atoms with E-state index in [9.17, 15) is 4.79 Å². The number of hydrogen-bond acceptors (Lipinski definition) is 3. The summed E-state index contributed by atoms with van der Waals surface area (Å²) in [5.74, 6) is 0.809. The molecule has 2 fully saturated rings. The lowest BCUT2D eigenvalue weighted by Gasteiger charge is -2.32. The van der Waals surface area contributed by atoms with Crippen molar-refractivity contribution in [3.8, 4) is 0 Å². The van der Waals surface area contributed by atoms with Gasteiger partial charge in [-0.05, 0) is 42.6 Å². The Kier molecular flexibility index (Phi) is 3.30. The van der Waals surface area contributed by atoms with E-state index in [0.717, 1.165) is 12.8 Å². The number of nitrogens with zero attached hydrogens (tertiary/aromatic N) is 1. The summed E-state index contributed by atoms with van der Waals surface area (Å²) in [6.45, 7) is 6.56. The lowest BCUT2D eigenvalue weighted by Crippen LogP contribution is -2.37. The number of fused-ring (bicyclic) bond motifs is 2. The van der Waals surface area contributed by atoms with Gasteiger partial charge in [-0.1, -0.05) is 31.5 Å². The molecule has 0 saturated heterocycles. The summed E-state index contributed by atoms with van der Waals surface area (Å²) in [6, 6.07) is 0. The van der Waals surface area contributed by atoms with Crippen LogP contribution in [0.2, 0.25) is 0 Å². The molecule has 0 aliphatic heterocycles. The van der Waals surface area contributed by atoms with Gasteiger partial charge in [0.05, 0.1) is 5.25 Å². The molecule has 0 aromatic carbocycles. The van der Waals surface area contributed by atoms with Crippen LogP contribution in [0.4, 0.5) is 0 Å². The van der Waals surface area contributed by atoms with Crippen LogP contribution in [0.25, 0.3) is 0 Å². The van der Waals surface area contributed by atoms with Gasteiger partial charge in [-0.15, -0.1) is 0 Å². The standard InChI is InChI=1S/C12H21N3OS2/c1-11(2)7-5-6-12(11,3)9(16)8(7)18(4)15-14-10(13)17/h7-8H,5-6H2,1-4H3,(H3,13,14,17). The molecule has 6 heteroatoms. The van der Waals surface area contributed by atoms with Crippen molar-refractivity contribution in [2.24, 2.45) is 27.0 Å². The predicted molar refractivity (Wildman–Crippen MR) is 79.0 cm³/mol. The third-order valence-electron chi connectivity index (χ3n) is 5.14. The first-order chi connectivity index (χ1) is 8.22. The summed E-state index contributed by atoms with van der Waals surface area (Å²) >= 11 is 4.74. The van der Waals surface area contributed by atoms with Crippen molar-refractivity contribution in [1.82, 2.24) is 5.43 Å². The normalized spacial score (nSPS) is 39.0. The second-order valence-corrected chi connectivity index (χ2v) is 8.25. The minimum atomic E-state index is -0.371. The fraction of sp³-hybridized carbons (Fsp3) is 0.833. The number of carbonyl (C=O) groups excluding carboxylic acids is 1. The number of hydrogen-bond donors (Lipinski definition) is 2. The number of Topliss-reactive ketones (excluding diaryl/α,β-unsaturated/α-hetero) is 1. The van der Waals surface area contributed by atoms with E-state index in [4.69, 9.17) is 18.0 Å². The van der Waals surface area contributed by atoms with Gasteiger partial charge in [0.2, 0.25) is 0 Å². The van der Waals surface area contributed by atoms with Crippen LogP contribution in [0.5, 0.6) is 0 Å². The van der Waals surface area contributed by atoms with Crippen LogP contribution in [-0.4, -0.2) is 22.4 Å². The topological polar surface area (TPSA) is 67.5 Å². The highest BCUT2D eigenvalue weighted by Gasteiger charge is 2.66. The molecule has 2 aliphatic carbocycles. The van der Waals surface area contributed by atoms with Crippen molar-refractivity contribution in [2.45, 2.75) is 38.9 Å². The third-order valence-corrected chi connectivity index (χ3v) is 6.89. The molecule has 4 unspecified atom stereocenters. The maximum absolute atomic E-state index is 12.6. The molecule has 2 bridgehead atoms. The average molecular weight is 287 g/mol. The van der Waals surface area contributed by atoms with Crippen molar-refractivity contribution in [3.63, 3.8) is 0 Å². The molecule has 0 aromatic heterocycles. The molecule has 102 valence electrons. The molecule has 2 aliphatic rings. The van der Waals surface area contributed by atoms with Crippen molar-refractivity contribution < 1.29 is 4.79 Å². The molecule has 4 atom stereocenters. The summed E-state index contributed by atoms with van der Waals surface area (Å²) in [5, 5.41) is 0.191. The molecule has 0 aromatic rings. The molecule has 3 N–H and O–H groups in total. The highest BCUT2D eigenvalue weighted by Crippen LogP contribution is 2.64. The average Bonchev–Trinajstić information content (AvgIpc) is 2.58. The van der Waals surface area contributed by atoms with Crippen molar-refractivity contribution >= 4 is 33.8 Å². The highest BCUT2D eigenvalue weighted by molar-refractivity contribution is 7.88. The largest absolute Gasteiger partial charge is 0.375 e. The zero-order valence-electron chi connectivity index (χ0n) is 11.3. The van der Waals surface area contributed by atoms with E-state index in [1.807, 2.05) is 6.26 Å². The van der Waals surface area contributed by atoms with E-state index >= 15 is 0 Å². The second kappa shape index (κ2) is 4.27. The van der Waals surface area contributed by atoms with Gasteiger partial charge in [0.15, 0.2) is 10.9 Å². The lowest BCUT2D eigenvalue weighted by molar-refractivity contribution is -0.127.